The minimum Gasteiger partial charge on any atom is -0.383 e. The maximum Gasteiger partial charge on any atom is 0.239 e. The van der Waals surface area contributed by atoms with Gasteiger partial charge in [-0.05, 0) is 34.1 Å². The number of methoxy groups -OCH3 is 1. The number of nitriles is 1. The summed E-state index contributed by atoms with van der Waals surface area (Å²) in [7, 11) is 3.41. The van der Waals surface area contributed by atoms with Crippen LogP contribution < -0.4 is 10.2 Å². The maximum atomic E-state index is 11.6. The van der Waals surface area contributed by atoms with Crippen molar-refractivity contribution in [2.24, 2.45) is 0 Å². The average molecular weight is 326 g/mol. The van der Waals surface area contributed by atoms with E-state index < -0.39 is 0 Å². The molecule has 0 radical (unpaired) electrons. The smallest absolute Gasteiger partial charge is 0.239 e. The van der Waals surface area contributed by atoms with Crippen molar-refractivity contribution < 1.29 is 9.53 Å². The van der Waals surface area contributed by atoms with Crippen molar-refractivity contribution in [3.63, 3.8) is 0 Å². The van der Waals surface area contributed by atoms with Crippen LogP contribution in [0.4, 0.5) is 5.69 Å². The standard InChI is InChI=1S/C13H16BrN3O2/c1-17(9-13(18)16-5-6-19-2)11-4-3-10(8-15)12(14)7-11/h3-4,7H,5-6,9H2,1-2H3,(H,16,18). The number of ether oxygens (including phenoxy) is 1. The molecule has 1 amide bonds. The topological polar surface area (TPSA) is 65.4 Å². The number of likely N-dealkylation sites (N-methyl/N-ethyl adjacent to an activating group) is 1. The van der Waals surface area contributed by atoms with Gasteiger partial charge in [0, 0.05) is 30.9 Å². The van der Waals surface area contributed by atoms with Crippen LogP contribution >= 0.6 is 15.9 Å². The van der Waals surface area contributed by atoms with Crippen LogP contribution in [0.5, 0.6) is 0 Å². The summed E-state index contributed by atoms with van der Waals surface area (Å²) in [5, 5.41) is 11.6. The Kier molecular flexibility index (Phi) is 6.33. The third kappa shape index (κ3) is 4.89. The normalized spacial score (nSPS) is 9.79. The van der Waals surface area contributed by atoms with E-state index in [1.807, 2.05) is 24.1 Å². The van der Waals surface area contributed by atoms with Crippen molar-refractivity contribution in [3.8, 4) is 6.07 Å². The fourth-order valence-electron chi connectivity index (χ4n) is 1.49. The molecule has 0 saturated carbocycles. The second-order valence-corrected chi connectivity index (χ2v) is 4.83. The molecule has 1 N–H and O–H groups in total. The highest BCUT2D eigenvalue weighted by Crippen LogP contribution is 2.22. The fourth-order valence-corrected chi connectivity index (χ4v) is 1.94. The Bertz CT molecular complexity index is 485. The van der Waals surface area contributed by atoms with Gasteiger partial charge in [-0.2, -0.15) is 5.26 Å². The number of nitrogens with one attached hydrogen (secondary N) is 1. The van der Waals surface area contributed by atoms with E-state index in [-0.39, 0.29) is 12.5 Å². The van der Waals surface area contributed by atoms with Crippen LogP contribution in [-0.2, 0) is 9.53 Å². The predicted molar refractivity (Wildman–Crippen MR) is 77.0 cm³/mol. The number of halogens is 1. The predicted octanol–water partition coefficient (Wildman–Crippen LogP) is 1.52. The van der Waals surface area contributed by atoms with Crippen LogP contribution in [0.1, 0.15) is 5.56 Å². The third-order valence-corrected chi connectivity index (χ3v) is 3.18. The van der Waals surface area contributed by atoms with Gasteiger partial charge in [-0.1, -0.05) is 0 Å². The summed E-state index contributed by atoms with van der Waals surface area (Å²) in [4.78, 5) is 13.5. The third-order valence-electron chi connectivity index (χ3n) is 2.52. The molecule has 1 aromatic rings. The molecule has 0 spiro atoms. The zero-order valence-electron chi connectivity index (χ0n) is 10.9. The summed E-state index contributed by atoms with van der Waals surface area (Å²) in [6.07, 6.45) is 0. The first-order valence-corrected chi connectivity index (χ1v) is 6.54. The van der Waals surface area contributed by atoms with Gasteiger partial charge in [0.15, 0.2) is 0 Å². The largest absolute Gasteiger partial charge is 0.383 e. The molecule has 0 bridgehead atoms. The van der Waals surface area contributed by atoms with Gasteiger partial charge in [0.05, 0.1) is 18.7 Å². The highest BCUT2D eigenvalue weighted by atomic mass is 79.9. The molecule has 102 valence electrons. The highest BCUT2D eigenvalue weighted by molar-refractivity contribution is 9.10. The van der Waals surface area contributed by atoms with Gasteiger partial charge in [-0.25, -0.2) is 0 Å². The van der Waals surface area contributed by atoms with Crippen molar-refractivity contribution in [2.45, 2.75) is 0 Å². The summed E-state index contributed by atoms with van der Waals surface area (Å²) in [6, 6.07) is 7.43. The van der Waals surface area contributed by atoms with Gasteiger partial charge >= 0.3 is 0 Å². The molecule has 1 rings (SSSR count). The summed E-state index contributed by atoms with van der Waals surface area (Å²) >= 11 is 3.33. The minimum absolute atomic E-state index is 0.0694. The molecule has 1 aromatic carbocycles. The molecule has 0 atom stereocenters. The molecule has 19 heavy (non-hydrogen) atoms. The number of nitrogens with zero attached hydrogens (tertiary/aromatic N) is 2. The lowest BCUT2D eigenvalue weighted by atomic mass is 10.2. The zero-order valence-corrected chi connectivity index (χ0v) is 12.5. The van der Waals surface area contributed by atoms with Crippen LogP contribution in [0.3, 0.4) is 0 Å². The van der Waals surface area contributed by atoms with Gasteiger partial charge in [-0.15, -0.1) is 0 Å². The van der Waals surface area contributed by atoms with Crippen molar-refractivity contribution in [2.75, 3.05) is 38.8 Å². The van der Waals surface area contributed by atoms with E-state index >= 15 is 0 Å². The van der Waals surface area contributed by atoms with Crippen LogP contribution in [0.25, 0.3) is 0 Å². The van der Waals surface area contributed by atoms with Crippen molar-refractivity contribution in [1.29, 1.82) is 5.26 Å². The molecule has 6 heteroatoms. The van der Waals surface area contributed by atoms with Crippen LogP contribution in [-0.4, -0.2) is 39.8 Å². The van der Waals surface area contributed by atoms with Gasteiger partial charge in [0.1, 0.15) is 6.07 Å². The van der Waals surface area contributed by atoms with Crippen LogP contribution in [0.2, 0.25) is 0 Å². The number of anilines is 1. The summed E-state index contributed by atoms with van der Waals surface area (Å²) < 4.78 is 5.58. The summed E-state index contributed by atoms with van der Waals surface area (Å²) in [6.45, 7) is 1.25. The Hall–Kier alpha value is -1.58. The number of amides is 1. The number of carbonyl (C=O) groups is 1. The Balaban J connectivity index is 2.58. The maximum absolute atomic E-state index is 11.6. The molecule has 5 nitrogen and oxygen atoms in total. The molecule has 0 aliphatic rings. The second kappa shape index (κ2) is 7.77. The zero-order chi connectivity index (χ0) is 14.3. The van der Waals surface area contributed by atoms with E-state index in [9.17, 15) is 4.79 Å². The van der Waals surface area contributed by atoms with Crippen LogP contribution in [0, 0.1) is 11.3 Å². The molecular formula is C13H16BrN3O2. The van der Waals surface area contributed by atoms with Gasteiger partial charge < -0.3 is 15.0 Å². The monoisotopic (exact) mass is 325 g/mol. The van der Waals surface area contributed by atoms with Gasteiger partial charge in [-0.3, -0.25) is 4.79 Å². The van der Waals surface area contributed by atoms with Gasteiger partial charge in [0.25, 0.3) is 0 Å². The molecule has 0 aromatic heterocycles. The lowest BCUT2D eigenvalue weighted by Crippen LogP contribution is -2.36. The van der Waals surface area contributed by atoms with E-state index in [0.29, 0.717) is 18.7 Å². The van der Waals surface area contributed by atoms with E-state index in [0.717, 1.165) is 10.2 Å². The number of rotatable bonds is 6. The lowest BCUT2D eigenvalue weighted by Gasteiger charge is -2.19. The Morgan fingerprint density at radius 1 is 1.58 bits per heavy atom. The van der Waals surface area contributed by atoms with Crippen LogP contribution in [0.15, 0.2) is 22.7 Å². The van der Waals surface area contributed by atoms with E-state index in [2.05, 4.69) is 27.3 Å². The van der Waals surface area contributed by atoms with E-state index in [4.69, 9.17) is 10.00 Å². The Morgan fingerprint density at radius 2 is 2.32 bits per heavy atom. The highest BCUT2D eigenvalue weighted by Gasteiger charge is 2.08. The van der Waals surface area contributed by atoms with Gasteiger partial charge in [0.2, 0.25) is 5.91 Å². The van der Waals surface area contributed by atoms with E-state index in [1.54, 1.807) is 13.2 Å². The molecule has 0 unspecified atom stereocenters. The summed E-state index contributed by atoms with van der Waals surface area (Å²) in [5.74, 6) is -0.0694. The quantitative estimate of drug-likeness (QED) is 0.805. The second-order valence-electron chi connectivity index (χ2n) is 3.97. The molecule has 0 aliphatic carbocycles. The first-order valence-electron chi connectivity index (χ1n) is 5.75. The minimum atomic E-state index is -0.0694. The summed E-state index contributed by atoms with van der Waals surface area (Å²) in [5.41, 5.74) is 1.44. The number of hydrogen-bond donors (Lipinski definition) is 1. The molecular weight excluding hydrogens is 310 g/mol. The first kappa shape index (κ1) is 15.5. The number of carbonyl (C=O) groups excluding carboxylic acids is 1. The SMILES string of the molecule is COCCNC(=O)CN(C)c1ccc(C#N)c(Br)c1. The Labute approximate surface area is 121 Å². The van der Waals surface area contributed by atoms with Crippen molar-refractivity contribution >= 4 is 27.5 Å². The molecule has 0 fully saturated rings. The molecule has 0 saturated heterocycles. The Morgan fingerprint density at radius 3 is 2.89 bits per heavy atom. The first-order chi connectivity index (χ1) is 9.08. The molecule has 0 heterocycles. The van der Waals surface area contributed by atoms with E-state index in [1.165, 1.54) is 0 Å². The number of benzene rings is 1. The average Bonchev–Trinajstić information content (AvgIpc) is 2.38. The number of hydrogen-bond acceptors (Lipinski definition) is 4. The fraction of sp³-hybridized carbons (Fsp3) is 0.385. The lowest BCUT2D eigenvalue weighted by molar-refractivity contribution is -0.119. The van der Waals surface area contributed by atoms with Crippen molar-refractivity contribution in [3.05, 3.63) is 28.2 Å². The molecule has 0 aliphatic heterocycles. The van der Waals surface area contributed by atoms with Crippen molar-refractivity contribution in [1.82, 2.24) is 5.32 Å².